The van der Waals surface area contributed by atoms with Gasteiger partial charge in [-0.2, -0.15) is 5.10 Å². The standard InChI is InChI=1S/C14H15FN4O2/c1-8-4-5-10(6-11(8)15)16-13(20)14(21)17-12-7-19(3)18-9(12)2/h4-7H,1-3H3,(H,16,20)(H,17,21). The van der Waals surface area contributed by atoms with Gasteiger partial charge in [-0.1, -0.05) is 6.07 Å². The number of hydrogen-bond donors (Lipinski definition) is 2. The Balaban J connectivity index is 2.04. The predicted octanol–water partition coefficient (Wildman–Crippen LogP) is 1.75. The lowest BCUT2D eigenvalue weighted by Crippen LogP contribution is -2.29. The van der Waals surface area contributed by atoms with Crippen molar-refractivity contribution in [3.05, 3.63) is 41.5 Å². The van der Waals surface area contributed by atoms with Gasteiger partial charge >= 0.3 is 11.8 Å². The van der Waals surface area contributed by atoms with E-state index in [4.69, 9.17) is 0 Å². The van der Waals surface area contributed by atoms with Gasteiger partial charge in [0, 0.05) is 18.9 Å². The summed E-state index contributed by atoms with van der Waals surface area (Å²) < 4.78 is 14.9. The summed E-state index contributed by atoms with van der Waals surface area (Å²) in [5, 5.41) is 8.84. The van der Waals surface area contributed by atoms with E-state index in [2.05, 4.69) is 15.7 Å². The van der Waals surface area contributed by atoms with Crippen LogP contribution in [0.15, 0.2) is 24.4 Å². The van der Waals surface area contributed by atoms with Gasteiger partial charge in [0.25, 0.3) is 0 Å². The fraction of sp³-hybridized carbons (Fsp3) is 0.214. The Morgan fingerprint density at radius 3 is 2.43 bits per heavy atom. The van der Waals surface area contributed by atoms with Crippen LogP contribution >= 0.6 is 0 Å². The molecule has 0 fully saturated rings. The SMILES string of the molecule is Cc1ccc(NC(=O)C(=O)Nc2cn(C)nc2C)cc1F. The molecule has 0 radical (unpaired) electrons. The van der Waals surface area contributed by atoms with Crippen molar-refractivity contribution in [2.24, 2.45) is 7.05 Å². The van der Waals surface area contributed by atoms with Crippen molar-refractivity contribution in [2.45, 2.75) is 13.8 Å². The van der Waals surface area contributed by atoms with Crippen LogP contribution in [-0.2, 0) is 16.6 Å². The van der Waals surface area contributed by atoms with E-state index in [-0.39, 0.29) is 5.69 Å². The maximum Gasteiger partial charge on any atom is 0.314 e. The fourth-order valence-electron chi connectivity index (χ4n) is 1.76. The van der Waals surface area contributed by atoms with E-state index in [1.165, 1.54) is 16.8 Å². The molecular formula is C14H15FN4O2. The summed E-state index contributed by atoms with van der Waals surface area (Å²) in [7, 11) is 1.71. The second kappa shape index (κ2) is 5.74. The van der Waals surface area contributed by atoms with Crippen LogP contribution in [0, 0.1) is 19.7 Å². The Morgan fingerprint density at radius 1 is 1.19 bits per heavy atom. The highest BCUT2D eigenvalue weighted by Crippen LogP contribution is 2.14. The summed E-state index contributed by atoms with van der Waals surface area (Å²) in [6, 6.07) is 4.21. The summed E-state index contributed by atoms with van der Waals surface area (Å²) in [5.41, 5.74) is 1.73. The first-order valence-electron chi connectivity index (χ1n) is 6.25. The van der Waals surface area contributed by atoms with Crippen molar-refractivity contribution in [3.63, 3.8) is 0 Å². The number of anilines is 2. The topological polar surface area (TPSA) is 76.0 Å². The van der Waals surface area contributed by atoms with Crippen molar-refractivity contribution >= 4 is 23.2 Å². The normalized spacial score (nSPS) is 10.3. The number of aryl methyl sites for hydroxylation is 3. The Kier molecular flexibility index (Phi) is 4.02. The number of halogens is 1. The molecule has 2 rings (SSSR count). The van der Waals surface area contributed by atoms with Crippen LogP contribution in [0.5, 0.6) is 0 Å². The molecule has 0 bridgehead atoms. The fourth-order valence-corrected chi connectivity index (χ4v) is 1.76. The third-order valence-corrected chi connectivity index (χ3v) is 2.90. The van der Waals surface area contributed by atoms with E-state index >= 15 is 0 Å². The summed E-state index contributed by atoms with van der Waals surface area (Å²) in [5.74, 6) is -2.16. The molecule has 0 saturated heterocycles. The third kappa shape index (κ3) is 3.44. The Labute approximate surface area is 121 Å². The quantitative estimate of drug-likeness (QED) is 0.827. The number of carbonyl (C=O) groups excluding carboxylic acids is 2. The Hall–Kier alpha value is -2.70. The first kappa shape index (κ1) is 14.7. The maximum absolute atomic E-state index is 13.4. The minimum absolute atomic E-state index is 0.223. The molecule has 21 heavy (non-hydrogen) atoms. The molecule has 2 N–H and O–H groups in total. The lowest BCUT2D eigenvalue weighted by Gasteiger charge is -2.06. The molecule has 6 nitrogen and oxygen atoms in total. The highest BCUT2D eigenvalue weighted by molar-refractivity contribution is 6.43. The highest BCUT2D eigenvalue weighted by Gasteiger charge is 2.16. The first-order valence-corrected chi connectivity index (χ1v) is 6.25. The zero-order valence-electron chi connectivity index (χ0n) is 11.9. The molecule has 1 aromatic heterocycles. The van der Waals surface area contributed by atoms with E-state index in [9.17, 15) is 14.0 Å². The van der Waals surface area contributed by atoms with E-state index in [0.717, 1.165) is 6.07 Å². The summed E-state index contributed by atoms with van der Waals surface area (Å²) >= 11 is 0. The number of rotatable bonds is 2. The lowest BCUT2D eigenvalue weighted by molar-refractivity contribution is -0.133. The van der Waals surface area contributed by atoms with Gasteiger partial charge in [-0.15, -0.1) is 0 Å². The van der Waals surface area contributed by atoms with E-state index in [1.54, 1.807) is 27.1 Å². The zero-order chi connectivity index (χ0) is 15.6. The van der Waals surface area contributed by atoms with E-state index in [0.29, 0.717) is 16.9 Å². The zero-order valence-corrected chi connectivity index (χ0v) is 11.9. The molecule has 0 atom stereocenters. The molecule has 110 valence electrons. The molecule has 1 aromatic carbocycles. The third-order valence-electron chi connectivity index (χ3n) is 2.90. The van der Waals surface area contributed by atoms with Gasteiger partial charge in [-0.05, 0) is 31.5 Å². The van der Waals surface area contributed by atoms with Crippen molar-refractivity contribution in [1.29, 1.82) is 0 Å². The molecule has 2 amide bonds. The Bertz CT molecular complexity index is 709. The highest BCUT2D eigenvalue weighted by atomic mass is 19.1. The van der Waals surface area contributed by atoms with Crippen molar-refractivity contribution in [3.8, 4) is 0 Å². The van der Waals surface area contributed by atoms with Crippen LogP contribution in [0.2, 0.25) is 0 Å². The molecule has 0 aliphatic carbocycles. The number of nitrogens with zero attached hydrogens (tertiary/aromatic N) is 2. The number of carbonyl (C=O) groups is 2. The van der Waals surface area contributed by atoms with Crippen molar-refractivity contribution in [1.82, 2.24) is 9.78 Å². The average molecular weight is 290 g/mol. The molecule has 0 aliphatic heterocycles. The van der Waals surface area contributed by atoms with Gasteiger partial charge in [0.05, 0.1) is 11.4 Å². The first-order chi connectivity index (χ1) is 9.86. The van der Waals surface area contributed by atoms with Gasteiger partial charge < -0.3 is 10.6 Å². The summed E-state index contributed by atoms with van der Waals surface area (Å²) in [6.07, 6.45) is 1.59. The largest absolute Gasteiger partial charge is 0.318 e. The van der Waals surface area contributed by atoms with Crippen LogP contribution in [0.3, 0.4) is 0 Å². The van der Waals surface area contributed by atoms with Crippen LogP contribution < -0.4 is 10.6 Å². The van der Waals surface area contributed by atoms with Crippen molar-refractivity contribution in [2.75, 3.05) is 10.6 Å². The summed E-state index contributed by atoms with van der Waals surface area (Å²) in [4.78, 5) is 23.5. The number of amides is 2. The van der Waals surface area contributed by atoms with E-state index < -0.39 is 17.6 Å². The molecule has 0 aliphatic rings. The van der Waals surface area contributed by atoms with Gasteiger partial charge in [0.1, 0.15) is 5.82 Å². The molecule has 0 saturated carbocycles. The average Bonchev–Trinajstić information content (AvgIpc) is 2.72. The number of hydrogen-bond acceptors (Lipinski definition) is 3. The molecule has 0 unspecified atom stereocenters. The van der Waals surface area contributed by atoms with Gasteiger partial charge in [-0.3, -0.25) is 14.3 Å². The number of nitrogens with one attached hydrogen (secondary N) is 2. The number of benzene rings is 1. The molecular weight excluding hydrogens is 275 g/mol. The monoisotopic (exact) mass is 290 g/mol. The lowest BCUT2D eigenvalue weighted by atomic mass is 10.2. The smallest absolute Gasteiger partial charge is 0.314 e. The second-order valence-electron chi connectivity index (χ2n) is 4.67. The van der Waals surface area contributed by atoms with Crippen molar-refractivity contribution < 1.29 is 14.0 Å². The van der Waals surface area contributed by atoms with Gasteiger partial charge in [0.15, 0.2) is 0 Å². The molecule has 0 spiro atoms. The predicted molar refractivity (Wildman–Crippen MR) is 76.3 cm³/mol. The number of aromatic nitrogens is 2. The second-order valence-corrected chi connectivity index (χ2v) is 4.67. The summed E-state index contributed by atoms with van der Waals surface area (Å²) in [6.45, 7) is 3.32. The van der Waals surface area contributed by atoms with Crippen LogP contribution in [0.25, 0.3) is 0 Å². The molecule has 2 aromatic rings. The van der Waals surface area contributed by atoms with E-state index in [1.807, 2.05) is 0 Å². The van der Waals surface area contributed by atoms with Crippen LogP contribution in [-0.4, -0.2) is 21.6 Å². The van der Waals surface area contributed by atoms with Crippen LogP contribution in [0.4, 0.5) is 15.8 Å². The molecule has 1 heterocycles. The molecule has 7 heteroatoms. The minimum Gasteiger partial charge on any atom is -0.318 e. The van der Waals surface area contributed by atoms with Gasteiger partial charge in [0.2, 0.25) is 0 Å². The maximum atomic E-state index is 13.4. The van der Waals surface area contributed by atoms with Gasteiger partial charge in [-0.25, -0.2) is 4.39 Å². The Morgan fingerprint density at radius 2 is 1.86 bits per heavy atom. The van der Waals surface area contributed by atoms with Crippen LogP contribution in [0.1, 0.15) is 11.3 Å². The minimum atomic E-state index is -0.874.